The number of nitrogens with zero attached hydrogens (tertiary/aromatic N) is 4. The molecule has 3 heterocycles. The van der Waals surface area contributed by atoms with Gasteiger partial charge in [-0.05, 0) is 79.3 Å². The molecule has 3 aromatic carbocycles. The number of rotatable bonds is 13. The predicted molar refractivity (Wildman–Crippen MR) is 212 cm³/mol. The van der Waals surface area contributed by atoms with Crippen LogP contribution < -0.4 is 15.4 Å². The van der Waals surface area contributed by atoms with Crippen LogP contribution in [0.4, 0.5) is 11.8 Å². The van der Waals surface area contributed by atoms with E-state index in [1.807, 2.05) is 114 Å². The highest BCUT2D eigenvalue weighted by Crippen LogP contribution is 2.36. The summed E-state index contributed by atoms with van der Waals surface area (Å²) >= 11 is 0. The number of benzene rings is 3. The average Bonchev–Trinajstić information content (AvgIpc) is 3.87. The van der Waals surface area contributed by atoms with Crippen molar-refractivity contribution in [1.82, 2.24) is 19.6 Å². The fourth-order valence-electron chi connectivity index (χ4n) is 5.93. The summed E-state index contributed by atoms with van der Waals surface area (Å²) in [6, 6.07) is 36.0. The molecule has 4 N–H and O–H groups in total. The lowest BCUT2D eigenvalue weighted by Crippen LogP contribution is -2.16. The summed E-state index contributed by atoms with van der Waals surface area (Å²) in [6.07, 6.45) is 8.29. The molecule has 1 saturated carbocycles. The van der Waals surface area contributed by atoms with E-state index >= 15 is 0 Å². The van der Waals surface area contributed by atoms with Crippen LogP contribution in [0.5, 0.6) is 5.75 Å². The molecule has 1 aliphatic carbocycles. The molecule has 1 aliphatic rings. The molecule has 10 nitrogen and oxygen atoms in total. The van der Waals surface area contributed by atoms with Gasteiger partial charge in [0.1, 0.15) is 17.3 Å². The molecule has 0 aliphatic heterocycles. The van der Waals surface area contributed by atoms with Gasteiger partial charge in [-0.25, -0.2) is 14.5 Å². The monoisotopic (exact) mass is 720 g/mol. The lowest BCUT2D eigenvalue weighted by Gasteiger charge is -2.12. The van der Waals surface area contributed by atoms with Gasteiger partial charge in [0.15, 0.2) is 0 Å². The Morgan fingerprint density at radius 2 is 1.54 bits per heavy atom. The normalized spacial score (nSPS) is 12.4. The van der Waals surface area contributed by atoms with Gasteiger partial charge in [0.25, 0.3) is 0 Å². The number of aromatic nitrogens is 4. The van der Waals surface area contributed by atoms with E-state index in [9.17, 15) is 0 Å². The molecule has 272 valence electrons. The number of methoxy groups -OCH3 is 1. The van der Waals surface area contributed by atoms with Gasteiger partial charge >= 0.3 is 0 Å². The van der Waals surface area contributed by atoms with Crippen molar-refractivity contribution in [2.45, 2.75) is 57.8 Å². The molecule has 7 rings (SSSR count). The quantitative estimate of drug-likeness (QED) is 0.0691. The third kappa shape index (κ3) is 11.1. The lowest BCUT2D eigenvalue weighted by atomic mass is 10.0. The van der Waals surface area contributed by atoms with Crippen LogP contribution in [0.15, 0.2) is 115 Å². The molecule has 0 bridgehead atoms. The van der Waals surface area contributed by atoms with Crippen molar-refractivity contribution in [1.29, 1.82) is 0 Å². The Bertz CT molecular complexity index is 1900. The fraction of sp³-hybridized carbons (Fsp3) is 0.293. The first kappa shape index (κ1) is 38.4. The van der Waals surface area contributed by atoms with Crippen molar-refractivity contribution in [2.24, 2.45) is 0 Å². The Morgan fingerprint density at radius 1 is 0.827 bits per heavy atom. The van der Waals surface area contributed by atoms with Crippen LogP contribution in [-0.4, -0.2) is 56.1 Å². The van der Waals surface area contributed by atoms with Gasteiger partial charge in [0.2, 0.25) is 5.95 Å². The zero-order valence-corrected chi connectivity index (χ0v) is 30.8. The zero-order chi connectivity index (χ0) is 36.4. The summed E-state index contributed by atoms with van der Waals surface area (Å²) in [5.74, 6) is 2.36. The van der Waals surface area contributed by atoms with E-state index in [2.05, 4.69) is 31.2 Å². The predicted octanol–water partition coefficient (Wildman–Crippen LogP) is 8.18. The summed E-state index contributed by atoms with van der Waals surface area (Å²) < 4.78 is 12.1. The summed E-state index contributed by atoms with van der Waals surface area (Å²) in [4.78, 5) is 9.41. The van der Waals surface area contributed by atoms with Crippen LogP contribution in [0, 0.1) is 0 Å². The first-order valence-electron chi connectivity index (χ1n) is 17.7. The van der Waals surface area contributed by atoms with Crippen LogP contribution in [-0.2, 0) is 17.7 Å². The van der Waals surface area contributed by atoms with Gasteiger partial charge < -0.3 is 30.1 Å². The van der Waals surface area contributed by atoms with E-state index in [0.29, 0.717) is 18.6 Å². The molecule has 1 unspecified atom stereocenters. The van der Waals surface area contributed by atoms with Crippen LogP contribution in [0.1, 0.15) is 49.7 Å². The molecule has 1 atom stereocenters. The summed E-state index contributed by atoms with van der Waals surface area (Å²) in [5.41, 5.74) is 6.76. The van der Waals surface area contributed by atoms with Crippen LogP contribution in [0.25, 0.3) is 28.0 Å². The Balaban J connectivity index is 0.000000251. The van der Waals surface area contributed by atoms with Crippen molar-refractivity contribution >= 4 is 26.7 Å². The molecule has 52 heavy (non-hydrogen) atoms. The number of aliphatic hydroxyl groups is 2. The molecule has 0 spiro atoms. The van der Waals surface area contributed by atoms with Crippen molar-refractivity contribution < 1.29 is 19.5 Å². The second-order valence-electron chi connectivity index (χ2n) is 12.3. The zero-order valence-electron chi connectivity index (χ0n) is 29.7. The van der Waals surface area contributed by atoms with Gasteiger partial charge in [-0.1, -0.05) is 79.6 Å². The van der Waals surface area contributed by atoms with E-state index in [1.165, 1.54) is 18.4 Å². The van der Waals surface area contributed by atoms with Gasteiger partial charge in [-0.3, -0.25) is 0 Å². The summed E-state index contributed by atoms with van der Waals surface area (Å²) in [5, 5.41) is 29.7. The lowest BCUT2D eigenvalue weighted by molar-refractivity contribution is 0.282. The van der Waals surface area contributed by atoms with Gasteiger partial charge in [0.05, 0.1) is 37.1 Å². The van der Waals surface area contributed by atoms with E-state index < -0.39 is 0 Å². The van der Waals surface area contributed by atoms with Gasteiger partial charge in [-0.2, -0.15) is 5.10 Å². The minimum Gasteiger partial charge on any atom is -0.497 e. The Hall–Kier alpha value is -4.86. The summed E-state index contributed by atoms with van der Waals surface area (Å²) in [7, 11) is 3.89. The van der Waals surface area contributed by atoms with Gasteiger partial charge in [0, 0.05) is 40.4 Å². The highest BCUT2D eigenvalue weighted by Gasteiger charge is 2.21. The molecular formula is C41H49N6O4P. The second-order valence-corrected chi connectivity index (χ2v) is 12.7. The smallest absolute Gasteiger partial charge is 0.223 e. The third-order valence-electron chi connectivity index (χ3n) is 8.63. The number of fused-ring (bicyclic) bond motifs is 1. The Morgan fingerprint density at radius 3 is 2.17 bits per heavy atom. The van der Waals surface area contributed by atoms with E-state index in [4.69, 9.17) is 29.6 Å². The van der Waals surface area contributed by atoms with E-state index in [0.717, 1.165) is 77.4 Å². The SMILES string of the molecule is COc1ccc(-c2nn3c(NCCCCO)cccc3c2-c2ccnc(NC3CCCC3)n2)cc1.OCc1ccccc1.POCc1ccccc1. The van der Waals surface area contributed by atoms with Crippen LogP contribution >= 0.6 is 9.47 Å². The third-order valence-corrected chi connectivity index (χ3v) is 8.80. The van der Waals surface area contributed by atoms with Crippen molar-refractivity contribution in [3.8, 4) is 28.3 Å². The van der Waals surface area contributed by atoms with Crippen molar-refractivity contribution in [2.75, 3.05) is 30.9 Å². The maximum atomic E-state index is 9.10. The van der Waals surface area contributed by atoms with E-state index in [-0.39, 0.29) is 13.2 Å². The first-order valence-corrected chi connectivity index (χ1v) is 18.2. The minimum absolute atomic E-state index is 0.140. The largest absolute Gasteiger partial charge is 0.497 e. The minimum atomic E-state index is 0.140. The molecular weight excluding hydrogens is 671 g/mol. The molecule has 6 aromatic rings. The number of hydrogen-bond donors (Lipinski definition) is 4. The van der Waals surface area contributed by atoms with E-state index in [1.54, 1.807) is 7.11 Å². The first-order chi connectivity index (χ1) is 25.6. The standard InChI is InChI=1S/C27H32N6O2.C7H9OP.C7H8O/c1-35-21-13-11-19(12-14-21)26-25(22-15-17-29-27(31-22)30-20-7-2-3-8-20)23-9-6-10-24(33(23)32-26)28-16-4-5-18-34;9-8-6-7-4-2-1-3-5-7;8-6-7-4-2-1-3-5-7/h6,9-15,17,20,28,34H,2-5,7-8,16,18H2,1H3,(H,29,30,31);1-5H,6,9H2;1-5,8H,6H2. The van der Waals surface area contributed by atoms with Gasteiger partial charge in [-0.15, -0.1) is 0 Å². The van der Waals surface area contributed by atoms with Crippen LogP contribution in [0.2, 0.25) is 0 Å². The molecule has 11 heteroatoms. The molecule has 0 saturated heterocycles. The Labute approximate surface area is 308 Å². The maximum Gasteiger partial charge on any atom is 0.223 e. The average molecular weight is 721 g/mol. The number of aliphatic hydroxyl groups excluding tert-OH is 2. The highest BCUT2D eigenvalue weighted by atomic mass is 31.0. The number of hydrogen-bond acceptors (Lipinski definition) is 9. The molecule has 1 fully saturated rings. The highest BCUT2D eigenvalue weighted by molar-refractivity contribution is 7.09. The number of ether oxygens (including phenoxy) is 1. The number of unbranched alkanes of at least 4 members (excludes halogenated alkanes) is 1. The summed E-state index contributed by atoms with van der Waals surface area (Å²) in [6.45, 7) is 1.77. The molecule has 3 aromatic heterocycles. The van der Waals surface area contributed by atoms with Crippen molar-refractivity contribution in [3.63, 3.8) is 0 Å². The number of pyridine rings is 1. The molecule has 0 radical (unpaired) electrons. The van der Waals surface area contributed by atoms with Crippen molar-refractivity contribution in [3.05, 3.63) is 127 Å². The number of anilines is 2. The topological polar surface area (TPSA) is 126 Å². The maximum absolute atomic E-state index is 9.10. The number of nitrogens with one attached hydrogen (secondary N) is 2. The second kappa shape index (κ2) is 20.9. The Kier molecular flexibility index (Phi) is 15.4. The van der Waals surface area contributed by atoms with Crippen LogP contribution in [0.3, 0.4) is 0 Å². The fourth-order valence-corrected chi connectivity index (χ4v) is 6.13. The molecule has 0 amide bonds.